The minimum absolute atomic E-state index is 0.135. The van der Waals surface area contributed by atoms with E-state index in [0.717, 1.165) is 16.9 Å². The van der Waals surface area contributed by atoms with Gasteiger partial charge < -0.3 is 19.9 Å². The lowest BCUT2D eigenvalue weighted by Gasteiger charge is -2.38. The third kappa shape index (κ3) is 4.11. The van der Waals surface area contributed by atoms with E-state index >= 15 is 0 Å². The molecule has 6 nitrogen and oxygen atoms in total. The van der Waals surface area contributed by atoms with Gasteiger partial charge in [-0.2, -0.15) is 0 Å². The quantitative estimate of drug-likeness (QED) is 0.860. The Balaban J connectivity index is 1.70. The highest BCUT2D eigenvalue weighted by Crippen LogP contribution is 2.38. The first-order valence-corrected chi connectivity index (χ1v) is 9.36. The number of anilines is 3. The standard InChI is InChI=1S/C22H27N3O3/c1-15-6-11-19-18(14-15)25(21(27)22(2,3)28-19)13-12-20(26)23-16-7-9-17(10-8-16)24(4)5/h6-11,14H,12-13H2,1-5H3,(H,23,26). The Morgan fingerprint density at radius 3 is 2.46 bits per heavy atom. The topological polar surface area (TPSA) is 61.9 Å². The number of hydrogen-bond acceptors (Lipinski definition) is 4. The molecule has 0 aliphatic carbocycles. The van der Waals surface area contributed by atoms with Crippen LogP contribution in [-0.2, 0) is 9.59 Å². The number of carbonyl (C=O) groups excluding carboxylic acids is 2. The number of rotatable bonds is 5. The molecule has 0 saturated carbocycles. The van der Waals surface area contributed by atoms with E-state index in [1.165, 1.54) is 0 Å². The molecular formula is C22H27N3O3. The maximum atomic E-state index is 12.9. The van der Waals surface area contributed by atoms with Crippen LogP contribution in [0, 0.1) is 6.92 Å². The molecule has 0 bridgehead atoms. The molecule has 0 spiro atoms. The second-order valence-electron chi connectivity index (χ2n) is 7.78. The largest absolute Gasteiger partial charge is 0.476 e. The van der Waals surface area contributed by atoms with Gasteiger partial charge in [0.1, 0.15) is 5.75 Å². The van der Waals surface area contributed by atoms with Gasteiger partial charge in [-0.3, -0.25) is 9.59 Å². The van der Waals surface area contributed by atoms with E-state index in [4.69, 9.17) is 4.74 Å². The fraction of sp³-hybridized carbons (Fsp3) is 0.364. The predicted molar refractivity (Wildman–Crippen MR) is 112 cm³/mol. The number of hydrogen-bond donors (Lipinski definition) is 1. The van der Waals surface area contributed by atoms with Gasteiger partial charge in [0.2, 0.25) is 5.91 Å². The second-order valence-corrected chi connectivity index (χ2v) is 7.78. The lowest BCUT2D eigenvalue weighted by Crippen LogP contribution is -2.53. The fourth-order valence-corrected chi connectivity index (χ4v) is 3.18. The SMILES string of the molecule is Cc1ccc2c(c1)N(CCC(=O)Nc1ccc(N(C)C)cc1)C(=O)C(C)(C)O2. The van der Waals surface area contributed by atoms with Crippen molar-refractivity contribution in [3.63, 3.8) is 0 Å². The Kier molecular flexibility index (Phi) is 5.31. The van der Waals surface area contributed by atoms with Gasteiger partial charge in [-0.05, 0) is 62.7 Å². The molecule has 2 aromatic carbocycles. The average Bonchev–Trinajstić information content (AvgIpc) is 2.63. The molecule has 0 fully saturated rings. The van der Waals surface area contributed by atoms with E-state index in [2.05, 4.69) is 5.32 Å². The molecule has 1 N–H and O–H groups in total. The maximum absolute atomic E-state index is 12.9. The molecule has 1 aliphatic heterocycles. The van der Waals surface area contributed by atoms with E-state index in [9.17, 15) is 9.59 Å². The van der Waals surface area contributed by atoms with Gasteiger partial charge in [0.05, 0.1) is 5.69 Å². The van der Waals surface area contributed by atoms with Crippen molar-refractivity contribution in [3.05, 3.63) is 48.0 Å². The molecule has 1 aliphatic rings. The highest BCUT2D eigenvalue weighted by atomic mass is 16.5. The summed E-state index contributed by atoms with van der Waals surface area (Å²) in [6.07, 6.45) is 0.199. The normalized spacial score (nSPS) is 14.9. The molecule has 0 saturated heterocycles. The Bertz CT molecular complexity index is 888. The number of ether oxygens (including phenoxy) is 1. The molecule has 28 heavy (non-hydrogen) atoms. The van der Waals surface area contributed by atoms with Gasteiger partial charge in [0.25, 0.3) is 5.91 Å². The van der Waals surface area contributed by atoms with Crippen molar-refractivity contribution in [3.8, 4) is 5.75 Å². The molecule has 0 unspecified atom stereocenters. The van der Waals surface area contributed by atoms with Crippen molar-refractivity contribution in [2.75, 3.05) is 35.8 Å². The van der Waals surface area contributed by atoms with Crippen LogP contribution in [-0.4, -0.2) is 38.1 Å². The fourth-order valence-electron chi connectivity index (χ4n) is 3.18. The Hall–Kier alpha value is -3.02. The minimum atomic E-state index is -0.958. The lowest BCUT2D eigenvalue weighted by molar-refractivity contribution is -0.132. The van der Waals surface area contributed by atoms with Crippen molar-refractivity contribution in [1.29, 1.82) is 0 Å². The zero-order valence-corrected chi connectivity index (χ0v) is 17.1. The maximum Gasteiger partial charge on any atom is 0.270 e. The van der Waals surface area contributed by atoms with E-state index in [-0.39, 0.29) is 18.2 Å². The first-order valence-electron chi connectivity index (χ1n) is 9.36. The lowest BCUT2D eigenvalue weighted by atomic mass is 10.0. The highest BCUT2D eigenvalue weighted by Gasteiger charge is 2.40. The Morgan fingerprint density at radius 1 is 1.14 bits per heavy atom. The number of aryl methyl sites for hydroxylation is 1. The van der Waals surface area contributed by atoms with Crippen molar-refractivity contribution >= 4 is 28.9 Å². The molecular weight excluding hydrogens is 354 g/mol. The van der Waals surface area contributed by atoms with Gasteiger partial charge in [-0.25, -0.2) is 0 Å². The van der Waals surface area contributed by atoms with Crippen LogP contribution in [0.25, 0.3) is 0 Å². The number of amides is 2. The van der Waals surface area contributed by atoms with Gasteiger partial charge in [0, 0.05) is 38.4 Å². The number of nitrogens with one attached hydrogen (secondary N) is 1. The van der Waals surface area contributed by atoms with E-state index in [1.807, 2.05) is 68.4 Å². The smallest absolute Gasteiger partial charge is 0.270 e. The number of nitrogens with zero attached hydrogens (tertiary/aromatic N) is 2. The van der Waals surface area contributed by atoms with Crippen LogP contribution in [0.4, 0.5) is 17.1 Å². The number of carbonyl (C=O) groups is 2. The molecule has 0 atom stereocenters. The second kappa shape index (κ2) is 7.54. The van der Waals surface area contributed by atoms with E-state index in [1.54, 1.807) is 18.7 Å². The minimum Gasteiger partial charge on any atom is -0.476 e. The zero-order valence-electron chi connectivity index (χ0n) is 17.1. The first-order chi connectivity index (χ1) is 13.2. The van der Waals surface area contributed by atoms with Gasteiger partial charge in [0.15, 0.2) is 5.60 Å². The molecule has 1 heterocycles. The molecule has 2 aromatic rings. The first kappa shape index (κ1) is 19.7. The van der Waals surface area contributed by atoms with E-state index < -0.39 is 5.60 Å². The number of benzene rings is 2. The van der Waals surface area contributed by atoms with Crippen molar-refractivity contribution in [2.24, 2.45) is 0 Å². The molecule has 6 heteroatoms. The van der Waals surface area contributed by atoms with Crippen LogP contribution in [0.1, 0.15) is 25.8 Å². The van der Waals surface area contributed by atoms with Crippen LogP contribution in [0.3, 0.4) is 0 Å². The average molecular weight is 381 g/mol. The van der Waals surface area contributed by atoms with Gasteiger partial charge in [-0.1, -0.05) is 6.07 Å². The predicted octanol–water partition coefficient (Wildman–Crippen LogP) is 3.59. The summed E-state index contributed by atoms with van der Waals surface area (Å²) in [7, 11) is 3.93. The summed E-state index contributed by atoms with van der Waals surface area (Å²) in [4.78, 5) is 28.9. The molecule has 0 radical (unpaired) electrons. The summed E-state index contributed by atoms with van der Waals surface area (Å²) < 4.78 is 5.85. The summed E-state index contributed by atoms with van der Waals surface area (Å²) in [5.74, 6) is 0.382. The van der Waals surface area contributed by atoms with Crippen molar-refractivity contribution < 1.29 is 14.3 Å². The summed E-state index contributed by atoms with van der Waals surface area (Å²) in [5, 5.41) is 2.89. The zero-order chi connectivity index (χ0) is 20.5. The monoisotopic (exact) mass is 381 g/mol. The van der Waals surface area contributed by atoms with Gasteiger partial charge >= 0.3 is 0 Å². The summed E-state index contributed by atoms with van der Waals surface area (Å²) >= 11 is 0. The molecule has 2 amide bonds. The summed E-state index contributed by atoms with van der Waals surface area (Å²) in [6, 6.07) is 13.4. The summed E-state index contributed by atoms with van der Waals surface area (Å²) in [6.45, 7) is 5.76. The van der Waals surface area contributed by atoms with Gasteiger partial charge in [-0.15, -0.1) is 0 Å². The van der Waals surface area contributed by atoms with Crippen LogP contribution < -0.4 is 19.9 Å². The summed E-state index contributed by atoms with van der Waals surface area (Å²) in [5.41, 5.74) is 2.59. The van der Waals surface area contributed by atoms with Crippen LogP contribution in [0.15, 0.2) is 42.5 Å². The van der Waals surface area contributed by atoms with Crippen LogP contribution in [0.5, 0.6) is 5.75 Å². The van der Waals surface area contributed by atoms with Crippen molar-refractivity contribution in [1.82, 2.24) is 0 Å². The van der Waals surface area contributed by atoms with E-state index in [0.29, 0.717) is 18.0 Å². The third-order valence-corrected chi connectivity index (χ3v) is 4.76. The third-order valence-electron chi connectivity index (χ3n) is 4.76. The molecule has 0 aromatic heterocycles. The molecule has 3 rings (SSSR count). The number of fused-ring (bicyclic) bond motifs is 1. The Labute approximate surface area is 166 Å². The van der Waals surface area contributed by atoms with Crippen LogP contribution >= 0.6 is 0 Å². The Morgan fingerprint density at radius 2 is 1.82 bits per heavy atom. The molecule has 148 valence electrons. The van der Waals surface area contributed by atoms with Crippen LogP contribution in [0.2, 0.25) is 0 Å². The van der Waals surface area contributed by atoms with Crippen molar-refractivity contribution in [2.45, 2.75) is 32.8 Å². The highest BCUT2D eigenvalue weighted by molar-refractivity contribution is 6.03.